The van der Waals surface area contributed by atoms with Crippen molar-refractivity contribution < 1.29 is 19.1 Å². The molecule has 2 aromatic rings. The molecule has 3 heterocycles. The Kier molecular flexibility index (Phi) is 4.23. The van der Waals surface area contributed by atoms with Crippen molar-refractivity contribution in [1.82, 2.24) is 4.98 Å². The lowest BCUT2D eigenvalue weighted by molar-refractivity contribution is -0.122. The number of ether oxygens (including phenoxy) is 2. The number of hydrogen-bond donors (Lipinski definition) is 0. The number of amides is 2. The molecule has 0 unspecified atom stereocenters. The Hall–Kier alpha value is -2.73. The van der Waals surface area contributed by atoms with Gasteiger partial charge >= 0.3 is 0 Å². The second kappa shape index (κ2) is 6.46. The largest absolute Gasteiger partial charge is 0.439 e. The van der Waals surface area contributed by atoms with Crippen molar-refractivity contribution in [2.45, 2.75) is 45.8 Å². The molecule has 0 radical (unpaired) electrons. The second-order valence-electron chi connectivity index (χ2n) is 7.45. The van der Waals surface area contributed by atoms with Gasteiger partial charge in [0.15, 0.2) is 0 Å². The Bertz CT molecular complexity index is 905. The summed E-state index contributed by atoms with van der Waals surface area (Å²) in [4.78, 5) is 30.0. The van der Waals surface area contributed by atoms with Gasteiger partial charge in [-0.3, -0.25) is 9.59 Å². The number of benzene rings is 1. The summed E-state index contributed by atoms with van der Waals surface area (Å²) >= 11 is 0. The predicted molar refractivity (Wildman–Crippen MR) is 99.5 cm³/mol. The van der Waals surface area contributed by atoms with Crippen LogP contribution in [0.3, 0.4) is 0 Å². The molecule has 0 spiro atoms. The molecule has 2 aliphatic heterocycles. The molecule has 2 aliphatic rings. The van der Waals surface area contributed by atoms with Crippen molar-refractivity contribution in [3.05, 3.63) is 47.7 Å². The van der Waals surface area contributed by atoms with Gasteiger partial charge in [-0.2, -0.15) is 0 Å². The molecule has 1 saturated heterocycles. The topological polar surface area (TPSA) is 68.7 Å². The summed E-state index contributed by atoms with van der Waals surface area (Å²) in [5.41, 5.74) is 2.41. The summed E-state index contributed by atoms with van der Waals surface area (Å²) in [7, 11) is 0. The number of nitrogens with zero attached hydrogens (tertiary/aromatic N) is 2. The molecule has 0 saturated carbocycles. The van der Waals surface area contributed by atoms with Crippen LogP contribution in [0.25, 0.3) is 0 Å². The van der Waals surface area contributed by atoms with E-state index in [-0.39, 0.29) is 29.8 Å². The maximum absolute atomic E-state index is 12.3. The average Bonchev–Trinajstić information content (AvgIpc) is 3.11. The van der Waals surface area contributed by atoms with E-state index in [1.54, 1.807) is 12.1 Å². The molecule has 0 aliphatic carbocycles. The molecule has 1 fully saturated rings. The molecule has 6 nitrogen and oxygen atoms in total. The zero-order valence-corrected chi connectivity index (χ0v) is 15.7. The molecule has 1 aromatic heterocycles. The lowest BCUT2D eigenvalue weighted by atomic mass is 9.96. The number of aromatic nitrogens is 1. The molecule has 1 aromatic carbocycles. The number of carbonyl (C=O) groups is 2. The number of pyridine rings is 1. The summed E-state index contributed by atoms with van der Waals surface area (Å²) in [5.74, 6) is 0.515. The van der Waals surface area contributed by atoms with Gasteiger partial charge < -0.3 is 9.47 Å². The van der Waals surface area contributed by atoms with Crippen LogP contribution in [-0.4, -0.2) is 16.8 Å². The summed E-state index contributed by atoms with van der Waals surface area (Å²) in [6, 6.07) is 9.22. The smallest absolute Gasteiger partial charge is 0.237 e. The minimum Gasteiger partial charge on any atom is -0.439 e. The molecular weight excluding hydrogens is 344 g/mol. The number of carbonyl (C=O) groups excluding carboxylic acids is 2. The Balaban J connectivity index is 1.53. The van der Waals surface area contributed by atoms with E-state index in [1.165, 1.54) is 11.1 Å². The Labute approximate surface area is 158 Å². The fourth-order valence-electron chi connectivity index (χ4n) is 3.61. The molecule has 6 heteroatoms. The van der Waals surface area contributed by atoms with Gasteiger partial charge in [0.2, 0.25) is 17.7 Å². The minimum absolute atomic E-state index is 0.154. The van der Waals surface area contributed by atoms with Crippen LogP contribution >= 0.6 is 0 Å². The maximum atomic E-state index is 12.3. The molecule has 2 amide bonds. The lowest BCUT2D eigenvalue weighted by Crippen LogP contribution is -2.30. The SMILES string of the molecule is CC[C@H]1CC(=O)N(c2ccc(Oc3ccc4c(c3)C(C)(C)OC4)nc2)C1=O. The van der Waals surface area contributed by atoms with Crippen molar-refractivity contribution >= 4 is 17.5 Å². The van der Waals surface area contributed by atoms with Crippen LogP contribution in [0.1, 0.15) is 44.7 Å². The zero-order chi connectivity index (χ0) is 19.2. The quantitative estimate of drug-likeness (QED) is 0.767. The number of rotatable bonds is 4. The fraction of sp³-hybridized carbons (Fsp3) is 0.381. The first kappa shape index (κ1) is 17.7. The highest BCUT2D eigenvalue weighted by Crippen LogP contribution is 2.38. The van der Waals surface area contributed by atoms with E-state index < -0.39 is 0 Å². The number of imide groups is 1. The molecular formula is C21H22N2O4. The monoisotopic (exact) mass is 366 g/mol. The average molecular weight is 366 g/mol. The first-order valence-electron chi connectivity index (χ1n) is 9.17. The van der Waals surface area contributed by atoms with E-state index in [0.29, 0.717) is 30.3 Å². The predicted octanol–water partition coefficient (Wildman–Crippen LogP) is 3.93. The third-order valence-electron chi connectivity index (χ3n) is 5.25. The van der Waals surface area contributed by atoms with Crippen LogP contribution in [0.4, 0.5) is 5.69 Å². The number of anilines is 1. The van der Waals surface area contributed by atoms with Gasteiger partial charge in [-0.1, -0.05) is 13.0 Å². The summed E-state index contributed by atoms with van der Waals surface area (Å²) in [6.45, 7) is 6.58. The third kappa shape index (κ3) is 3.10. The normalized spacial score (nSPS) is 20.9. The van der Waals surface area contributed by atoms with E-state index in [4.69, 9.17) is 9.47 Å². The number of hydrogen-bond acceptors (Lipinski definition) is 5. The van der Waals surface area contributed by atoms with Crippen LogP contribution in [0, 0.1) is 5.92 Å². The molecule has 27 heavy (non-hydrogen) atoms. The first-order chi connectivity index (χ1) is 12.9. The van der Waals surface area contributed by atoms with Crippen molar-refractivity contribution in [2.75, 3.05) is 4.90 Å². The summed E-state index contributed by atoms with van der Waals surface area (Å²) in [6.07, 6.45) is 2.43. The Morgan fingerprint density at radius 3 is 2.74 bits per heavy atom. The van der Waals surface area contributed by atoms with Gasteiger partial charge in [0, 0.05) is 18.4 Å². The van der Waals surface area contributed by atoms with E-state index >= 15 is 0 Å². The van der Waals surface area contributed by atoms with Gasteiger partial charge in [-0.15, -0.1) is 0 Å². The Morgan fingerprint density at radius 2 is 2.07 bits per heavy atom. The van der Waals surface area contributed by atoms with E-state index in [0.717, 1.165) is 11.1 Å². The highest BCUT2D eigenvalue weighted by atomic mass is 16.5. The highest BCUT2D eigenvalue weighted by Gasteiger charge is 2.38. The van der Waals surface area contributed by atoms with E-state index in [2.05, 4.69) is 4.98 Å². The molecule has 0 N–H and O–H groups in total. The standard InChI is InChI=1S/C21H22N2O4/c1-4-13-9-19(24)23(20(13)25)15-6-8-18(22-11-15)27-16-7-5-14-12-26-21(2,3)17(14)10-16/h5-8,10-11,13H,4,9,12H2,1-3H3/t13-/m0/s1. The maximum Gasteiger partial charge on any atom is 0.237 e. The lowest BCUT2D eigenvalue weighted by Gasteiger charge is -2.19. The minimum atomic E-state index is -0.335. The van der Waals surface area contributed by atoms with E-state index in [9.17, 15) is 9.59 Å². The second-order valence-corrected chi connectivity index (χ2v) is 7.45. The number of fused-ring (bicyclic) bond motifs is 1. The van der Waals surface area contributed by atoms with Crippen LogP contribution in [-0.2, 0) is 26.5 Å². The van der Waals surface area contributed by atoms with Crippen LogP contribution < -0.4 is 9.64 Å². The van der Waals surface area contributed by atoms with E-state index in [1.807, 2.05) is 39.0 Å². The van der Waals surface area contributed by atoms with Crippen molar-refractivity contribution in [1.29, 1.82) is 0 Å². The molecule has 1 atom stereocenters. The van der Waals surface area contributed by atoms with Crippen molar-refractivity contribution in [2.24, 2.45) is 5.92 Å². The van der Waals surface area contributed by atoms with Gasteiger partial charge in [0.25, 0.3) is 0 Å². The van der Waals surface area contributed by atoms with Crippen LogP contribution in [0.15, 0.2) is 36.5 Å². The van der Waals surface area contributed by atoms with Gasteiger partial charge in [0.1, 0.15) is 5.75 Å². The van der Waals surface area contributed by atoms with Crippen molar-refractivity contribution in [3.63, 3.8) is 0 Å². The van der Waals surface area contributed by atoms with Gasteiger partial charge in [-0.05, 0) is 49.6 Å². The molecule has 0 bridgehead atoms. The van der Waals surface area contributed by atoms with Crippen LogP contribution in [0.5, 0.6) is 11.6 Å². The summed E-state index contributed by atoms with van der Waals surface area (Å²) < 4.78 is 11.6. The Morgan fingerprint density at radius 1 is 1.26 bits per heavy atom. The zero-order valence-electron chi connectivity index (χ0n) is 15.7. The molecule has 140 valence electrons. The summed E-state index contributed by atoms with van der Waals surface area (Å²) in [5, 5.41) is 0. The molecule has 4 rings (SSSR count). The first-order valence-corrected chi connectivity index (χ1v) is 9.17. The van der Waals surface area contributed by atoms with Gasteiger partial charge in [-0.25, -0.2) is 9.88 Å². The van der Waals surface area contributed by atoms with Crippen LogP contribution in [0.2, 0.25) is 0 Å². The van der Waals surface area contributed by atoms with Gasteiger partial charge in [0.05, 0.1) is 24.1 Å². The third-order valence-corrected chi connectivity index (χ3v) is 5.25. The highest BCUT2D eigenvalue weighted by molar-refractivity contribution is 6.20. The van der Waals surface area contributed by atoms with Crippen molar-refractivity contribution in [3.8, 4) is 11.6 Å². The fourth-order valence-corrected chi connectivity index (χ4v) is 3.61.